The van der Waals surface area contributed by atoms with Gasteiger partial charge < -0.3 is 19.5 Å². The van der Waals surface area contributed by atoms with Gasteiger partial charge in [0.05, 0.1) is 48.7 Å². The lowest BCUT2D eigenvalue weighted by Crippen LogP contribution is -2.67. The summed E-state index contributed by atoms with van der Waals surface area (Å²) in [5.41, 5.74) is -0.741. The van der Waals surface area contributed by atoms with Gasteiger partial charge in [0.1, 0.15) is 17.4 Å². The Bertz CT molecular complexity index is 1650. The largest absolute Gasteiger partial charge is 0.493 e. The molecule has 12 heteroatoms. The van der Waals surface area contributed by atoms with Crippen molar-refractivity contribution in [3.63, 3.8) is 0 Å². The van der Waals surface area contributed by atoms with Crippen LogP contribution in [-0.4, -0.2) is 57.8 Å². The number of esters is 1. The highest BCUT2D eigenvalue weighted by atomic mass is 19.4. The molecule has 1 N–H and O–H groups in total. The molecule has 0 aliphatic carbocycles. The molecule has 1 fully saturated rings. The Hall–Kier alpha value is -4.19. The van der Waals surface area contributed by atoms with Crippen LogP contribution >= 0.6 is 0 Å². The van der Waals surface area contributed by atoms with Crippen molar-refractivity contribution in [1.29, 1.82) is 0 Å². The summed E-state index contributed by atoms with van der Waals surface area (Å²) in [5.74, 6) is 0.745. The zero-order valence-electron chi connectivity index (χ0n) is 22.7. The molecule has 2 aliphatic rings. The van der Waals surface area contributed by atoms with Crippen molar-refractivity contribution in [2.75, 3.05) is 25.6 Å². The molecule has 2 atom stereocenters. The molecule has 2 aromatic carbocycles. The summed E-state index contributed by atoms with van der Waals surface area (Å²) < 4.78 is 61.5. The second-order valence-corrected chi connectivity index (χ2v) is 10.4. The van der Waals surface area contributed by atoms with Gasteiger partial charge in [-0.15, -0.1) is 0 Å². The molecule has 0 saturated carbocycles. The van der Waals surface area contributed by atoms with Crippen LogP contribution in [0.4, 0.5) is 19.0 Å². The number of fused-ring (bicyclic) bond motifs is 2. The van der Waals surface area contributed by atoms with Gasteiger partial charge in [-0.3, -0.25) is 0 Å². The third-order valence-electron chi connectivity index (χ3n) is 7.69. The van der Waals surface area contributed by atoms with E-state index in [-0.39, 0.29) is 12.2 Å². The number of carbonyl (C=O) groups is 1. The molecule has 41 heavy (non-hydrogen) atoms. The molecule has 2 aromatic heterocycles. The van der Waals surface area contributed by atoms with Gasteiger partial charge in [-0.05, 0) is 30.7 Å². The van der Waals surface area contributed by atoms with E-state index in [0.717, 1.165) is 12.0 Å². The van der Waals surface area contributed by atoms with Crippen molar-refractivity contribution in [3.8, 4) is 11.4 Å². The Morgan fingerprint density at radius 2 is 1.98 bits per heavy atom. The quantitative estimate of drug-likeness (QED) is 0.306. The lowest BCUT2D eigenvalue weighted by atomic mass is 9.74. The molecule has 214 valence electrons. The van der Waals surface area contributed by atoms with Crippen LogP contribution in [-0.2, 0) is 27.9 Å². The van der Waals surface area contributed by atoms with Crippen molar-refractivity contribution in [1.82, 2.24) is 19.7 Å². The first kappa shape index (κ1) is 27.0. The Morgan fingerprint density at radius 1 is 1.20 bits per heavy atom. The van der Waals surface area contributed by atoms with Gasteiger partial charge in [0.2, 0.25) is 0 Å². The molecule has 0 spiro atoms. The molecule has 0 radical (unpaired) electrons. The van der Waals surface area contributed by atoms with Crippen LogP contribution in [0.2, 0.25) is 0 Å². The van der Waals surface area contributed by atoms with Crippen molar-refractivity contribution in [2.45, 2.75) is 50.5 Å². The predicted octanol–water partition coefficient (Wildman–Crippen LogP) is 5.15. The summed E-state index contributed by atoms with van der Waals surface area (Å²) in [4.78, 5) is 21.1. The smallest absolute Gasteiger partial charge is 0.419 e. The van der Waals surface area contributed by atoms with Gasteiger partial charge in [-0.25, -0.2) is 19.4 Å². The number of carbonyl (C=O) groups excluding carboxylic acids is 1. The fourth-order valence-corrected chi connectivity index (χ4v) is 5.65. The minimum atomic E-state index is -4.64. The zero-order valence-corrected chi connectivity index (χ0v) is 22.7. The van der Waals surface area contributed by atoms with E-state index in [1.165, 1.54) is 18.0 Å². The molecule has 0 bridgehead atoms. The molecular formula is C29H28F3N5O4. The highest BCUT2D eigenvalue weighted by Crippen LogP contribution is 2.57. The summed E-state index contributed by atoms with van der Waals surface area (Å²) >= 11 is 0. The van der Waals surface area contributed by atoms with E-state index in [0.29, 0.717) is 52.4 Å². The van der Waals surface area contributed by atoms with Crippen LogP contribution in [0.3, 0.4) is 0 Å². The predicted molar refractivity (Wildman–Crippen MR) is 143 cm³/mol. The number of nitrogens with one attached hydrogen (secondary N) is 1. The first-order valence-corrected chi connectivity index (χ1v) is 13.3. The number of hydrogen-bond acceptors (Lipinski definition) is 8. The lowest BCUT2D eigenvalue weighted by Gasteiger charge is -2.55. The van der Waals surface area contributed by atoms with Crippen molar-refractivity contribution in [2.24, 2.45) is 0 Å². The van der Waals surface area contributed by atoms with Crippen LogP contribution < -0.4 is 10.1 Å². The standard InChI is InChI=1S/C29H28F3N5O4/c1-4-22-35-24(20-14-34-37(25(20)36-22)19-9-5-8-18(13-19)26(38)39-3)33-16-28(29(30,31)32)15-27(2,41-28)21-10-6-7-17-11-12-40-23(17)21/h5-10,13-14H,4,11-12,15-16H2,1-3H3,(H,33,35,36). The molecule has 6 rings (SSSR count). The number of anilines is 1. The van der Waals surface area contributed by atoms with Gasteiger partial charge in [0.25, 0.3) is 0 Å². The van der Waals surface area contributed by atoms with E-state index >= 15 is 0 Å². The number of aryl methyl sites for hydroxylation is 1. The lowest BCUT2D eigenvalue weighted by molar-refractivity contribution is -0.380. The van der Waals surface area contributed by atoms with E-state index in [4.69, 9.17) is 14.2 Å². The Morgan fingerprint density at radius 3 is 2.71 bits per heavy atom. The molecule has 1 saturated heterocycles. The van der Waals surface area contributed by atoms with E-state index in [2.05, 4.69) is 20.4 Å². The van der Waals surface area contributed by atoms with Crippen LogP contribution in [0.1, 0.15) is 47.6 Å². The van der Waals surface area contributed by atoms with E-state index in [1.807, 2.05) is 19.1 Å². The summed E-state index contributed by atoms with van der Waals surface area (Å²) in [6.07, 6.45) is -2.29. The van der Waals surface area contributed by atoms with Crippen molar-refractivity contribution < 1.29 is 32.2 Å². The monoisotopic (exact) mass is 567 g/mol. The normalized spacial score (nSPS) is 21.7. The summed E-state index contributed by atoms with van der Waals surface area (Å²) in [6, 6.07) is 12.1. The first-order chi connectivity index (χ1) is 19.6. The molecular weight excluding hydrogens is 539 g/mol. The Kier molecular flexibility index (Phi) is 6.40. The maximum absolute atomic E-state index is 14.5. The van der Waals surface area contributed by atoms with E-state index < -0.39 is 29.9 Å². The zero-order chi connectivity index (χ0) is 29.0. The highest BCUT2D eigenvalue weighted by Gasteiger charge is 2.68. The van der Waals surface area contributed by atoms with Crippen molar-refractivity contribution in [3.05, 3.63) is 71.2 Å². The minimum absolute atomic E-state index is 0.215. The van der Waals surface area contributed by atoms with Gasteiger partial charge in [-0.1, -0.05) is 31.2 Å². The summed E-state index contributed by atoms with van der Waals surface area (Å²) in [6.45, 7) is 3.46. The number of para-hydroxylation sites is 1. The summed E-state index contributed by atoms with van der Waals surface area (Å²) in [7, 11) is 1.29. The number of alkyl halides is 3. The van der Waals surface area contributed by atoms with Crippen LogP contribution in [0.25, 0.3) is 16.7 Å². The van der Waals surface area contributed by atoms with Crippen molar-refractivity contribution >= 4 is 22.8 Å². The first-order valence-electron chi connectivity index (χ1n) is 13.3. The van der Waals surface area contributed by atoms with Gasteiger partial charge in [-0.2, -0.15) is 18.3 Å². The SMILES string of the molecule is CCc1nc(NCC2(C(F)(F)F)CC(C)(c3cccc4c3OCC4)O2)c2cnn(-c3cccc(C(=O)OC)c3)c2n1. The maximum Gasteiger partial charge on any atom is 0.419 e. The average molecular weight is 568 g/mol. The Labute approximate surface area is 233 Å². The topological polar surface area (TPSA) is 100 Å². The van der Waals surface area contributed by atoms with Gasteiger partial charge in [0.15, 0.2) is 11.2 Å². The fourth-order valence-electron chi connectivity index (χ4n) is 5.65. The number of rotatable bonds is 7. The Balaban J connectivity index is 1.31. The number of nitrogens with zero attached hydrogens (tertiary/aromatic N) is 4. The fraction of sp³-hybridized carbons (Fsp3) is 0.379. The van der Waals surface area contributed by atoms with Crippen LogP contribution in [0.15, 0.2) is 48.7 Å². The number of aromatic nitrogens is 4. The number of hydrogen-bond donors (Lipinski definition) is 1. The van der Waals surface area contributed by atoms with E-state index in [1.54, 1.807) is 37.3 Å². The van der Waals surface area contributed by atoms with Crippen LogP contribution in [0.5, 0.6) is 5.75 Å². The molecule has 2 unspecified atom stereocenters. The van der Waals surface area contributed by atoms with Crippen LogP contribution in [0, 0.1) is 0 Å². The molecule has 4 aromatic rings. The molecule has 0 amide bonds. The third kappa shape index (κ3) is 4.46. The van der Waals surface area contributed by atoms with Gasteiger partial charge in [0, 0.05) is 24.8 Å². The summed E-state index contributed by atoms with van der Waals surface area (Å²) in [5, 5.41) is 7.74. The second kappa shape index (κ2) is 9.72. The third-order valence-corrected chi connectivity index (χ3v) is 7.69. The maximum atomic E-state index is 14.5. The minimum Gasteiger partial charge on any atom is -0.493 e. The average Bonchev–Trinajstić information content (AvgIpc) is 3.60. The highest BCUT2D eigenvalue weighted by molar-refractivity contribution is 5.91. The number of halogens is 3. The molecule has 2 aliphatic heterocycles. The number of benzene rings is 2. The molecule has 4 heterocycles. The number of methoxy groups -OCH3 is 1. The number of ether oxygens (including phenoxy) is 3. The van der Waals surface area contributed by atoms with E-state index in [9.17, 15) is 18.0 Å². The molecule has 9 nitrogen and oxygen atoms in total. The van der Waals surface area contributed by atoms with Gasteiger partial charge >= 0.3 is 12.1 Å². The second-order valence-electron chi connectivity index (χ2n) is 10.4.